The standard InChI is InChI=1S/C56H39N5/c1-36-29-30-57-52(31-36)61-50-35-40(27-28-45(50)53-47(39-17-7-3-8-18-39)33-38(34-51(53)61)32-37-15-5-2-6-16-37)42-22-14-26-49-55(42)59-56(60(49)41-19-9-4-10-20-41)46-24-13-23-44-43-21-11-12-25-48(43)58-54(44)46/h2-31,33-35,58H,32H2,1H3. The minimum absolute atomic E-state index is 0.825. The molecular formula is C56H39N5. The lowest BCUT2D eigenvalue weighted by Crippen LogP contribution is -1.99. The highest BCUT2D eigenvalue weighted by Crippen LogP contribution is 2.43. The van der Waals surface area contributed by atoms with Gasteiger partial charge in [0.25, 0.3) is 0 Å². The summed E-state index contributed by atoms with van der Waals surface area (Å²) in [6.45, 7) is 2.14. The molecule has 0 radical (unpaired) electrons. The van der Waals surface area contributed by atoms with Gasteiger partial charge in [0.15, 0.2) is 0 Å². The lowest BCUT2D eigenvalue weighted by Gasteiger charge is -2.12. The summed E-state index contributed by atoms with van der Waals surface area (Å²) in [7, 11) is 0. The molecule has 0 saturated carbocycles. The van der Waals surface area contributed by atoms with Gasteiger partial charge >= 0.3 is 0 Å². The van der Waals surface area contributed by atoms with Crippen molar-refractivity contribution in [2.24, 2.45) is 0 Å². The van der Waals surface area contributed by atoms with Crippen LogP contribution >= 0.6 is 0 Å². The van der Waals surface area contributed by atoms with Crippen molar-refractivity contribution in [1.29, 1.82) is 0 Å². The van der Waals surface area contributed by atoms with Crippen molar-refractivity contribution in [1.82, 2.24) is 24.1 Å². The van der Waals surface area contributed by atoms with Gasteiger partial charge in [0.05, 0.1) is 27.6 Å². The van der Waals surface area contributed by atoms with Crippen LogP contribution in [-0.4, -0.2) is 24.1 Å². The summed E-state index contributed by atoms with van der Waals surface area (Å²) in [5.41, 5.74) is 16.8. The van der Waals surface area contributed by atoms with Crippen molar-refractivity contribution >= 4 is 54.6 Å². The van der Waals surface area contributed by atoms with Crippen molar-refractivity contribution in [3.8, 4) is 45.1 Å². The third kappa shape index (κ3) is 5.77. The molecule has 12 rings (SSSR count). The third-order valence-corrected chi connectivity index (χ3v) is 12.2. The minimum Gasteiger partial charge on any atom is -0.354 e. The average Bonchev–Trinajstić information content (AvgIpc) is 3.99. The number of nitrogens with zero attached hydrogens (tertiary/aromatic N) is 4. The Bertz CT molecular complexity index is 3610. The van der Waals surface area contributed by atoms with Gasteiger partial charge in [0.2, 0.25) is 0 Å². The largest absolute Gasteiger partial charge is 0.354 e. The number of aryl methyl sites for hydroxylation is 1. The lowest BCUT2D eigenvalue weighted by molar-refractivity contribution is 1.07. The van der Waals surface area contributed by atoms with Gasteiger partial charge in [-0.05, 0) is 101 Å². The van der Waals surface area contributed by atoms with E-state index in [9.17, 15) is 0 Å². The fraction of sp³-hybridized carbons (Fsp3) is 0.0357. The van der Waals surface area contributed by atoms with Crippen LogP contribution in [0.2, 0.25) is 0 Å². The molecule has 4 heterocycles. The SMILES string of the molecule is Cc1ccnc(-n2c3cc(-c4cccc5c4nc(-c4cccc6c4[nH]c4ccccc46)n5-c4ccccc4)ccc3c3c(-c4ccccc4)cc(Cc4ccccc4)cc32)c1. The first-order valence-electron chi connectivity index (χ1n) is 20.9. The van der Waals surface area contributed by atoms with E-state index in [1.807, 2.05) is 6.20 Å². The maximum absolute atomic E-state index is 5.60. The lowest BCUT2D eigenvalue weighted by atomic mass is 9.94. The minimum atomic E-state index is 0.825. The maximum atomic E-state index is 5.60. The van der Waals surface area contributed by atoms with Gasteiger partial charge in [0.1, 0.15) is 11.6 Å². The van der Waals surface area contributed by atoms with Gasteiger partial charge < -0.3 is 4.98 Å². The molecule has 0 spiro atoms. The second-order valence-corrected chi connectivity index (χ2v) is 16.0. The van der Waals surface area contributed by atoms with Crippen molar-refractivity contribution in [3.63, 3.8) is 0 Å². The van der Waals surface area contributed by atoms with Gasteiger partial charge in [-0.1, -0.05) is 140 Å². The van der Waals surface area contributed by atoms with E-state index in [0.717, 1.165) is 79.1 Å². The molecule has 0 bridgehead atoms. The molecule has 4 aromatic heterocycles. The molecule has 0 amide bonds. The molecule has 5 heteroatoms. The Labute approximate surface area is 352 Å². The molecule has 61 heavy (non-hydrogen) atoms. The van der Waals surface area contributed by atoms with Crippen molar-refractivity contribution in [3.05, 3.63) is 217 Å². The van der Waals surface area contributed by atoms with E-state index in [1.54, 1.807) is 0 Å². The highest BCUT2D eigenvalue weighted by atomic mass is 15.1. The molecule has 1 N–H and O–H groups in total. The number of nitrogens with one attached hydrogen (secondary N) is 1. The number of aromatic nitrogens is 5. The zero-order valence-corrected chi connectivity index (χ0v) is 33.5. The number of benzene rings is 8. The first-order chi connectivity index (χ1) is 30.2. The number of pyridine rings is 1. The molecule has 0 atom stereocenters. The predicted octanol–water partition coefficient (Wildman–Crippen LogP) is 14.1. The third-order valence-electron chi connectivity index (χ3n) is 12.2. The zero-order valence-electron chi connectivity index (χ0n) is 33.5. The number of rotatable bonds is 7. The van der Waals surface area contributed by atoms with Gasteiger partial charge in [-0.3, -0.25) is 9.13 Å². The maximum Gasteiger partial charge on any atom is 0.147 e. The van der Waals surface area contributed by atoms with Crippen LogP contribution in [0.4, 0.5) is 0 Å². The van der Waals surface area contributed by atoms with Crippen LogP contribution in [0.25, 0.3) is 99.8 Å². The quantitative estimate of drug-likeness (QED) is 0.175. The topological polar surface area (TPSA) is 51.4 Å². The summed E-state index contributed by atoms with van der Waals surface area (Å²) in [5.74, 6) is 1.79. The predicted molar refractivity (Wildman–Crippen MR) is 253 cm³/mol. The number of H-pyrrole nitrogens is 1. The van der Waals surface area contributed by atoms with Crippen LogP contribution in [0.3, 0.4) is 0 Å². The summed E-state index contributed by atoms with van der Waals surface area (Å²) in [5, 5.41) is 4.79. The van der Waals surface area contributed by atoms with Crippen molar-refractivity contribution in [2.75, 3.05) is 0 Å². The summed E-state index contributed by atoms with van der Waals surface area (Å²) >= 11 is 0. The molecular weight excluding hydrogens is 743 g/mol. The molecule has 0 aliphatic heterocycles. The number of fused-ring (bicyclic) bond motifs is 7. The number of aromatic amines is 1. The Morgan fingerprint density at radius 1 is 0.492 bits per heavy atom. The second kappa shape index (κ2) is 14.1. The molecule has 5 nitrogen and oxygen atoms in total. The van der Waals surface area contributed by atoms with E-state index in [2.05, 4.69) is 215 Å². The Kier molecular flexibility index (Phi) is 8.07. The number of para-hydroxylation sites is 4. The van der Waals surface area contributed by atoms with Gasteiger partial charge in [-0.25, -0.2) is 9.97 Å². The van der Waals surface area contributed by atoms with Crippen LogP contribution < -0.4 is 0 Å². The van der Waals surface area contributed by atoms with Crippen molar-refractivity contribution in [2.45, 2.75) is 13.3 Å². The van der Waals surface area contributed by atoms with Crippen LogP contribution in [0, 0.1) is 6.92 Å². The molecule has 0 aliphatic carbocycles. The Hall–Kier alpha value is -8.02. The first kappa shape index (κ1) is 35.0. The van der Waals surface area contributed by atoms with Crippen LogP contribution in [0.5, 0.6) is 0 Å². The van der Waals surface area contributed by atoms with E-state index >= 15 is 0 Å². The van der Waals surface area contributed by atoms with Crippen LogP contribution in [-0.2, 0) is 6.42 Å². The normalized spacial score (nSPS) is 11.8. The smallest absolute Gasteiger partial charge is 0.147 e. The molecule has 288 valence electrons. The highest BCUT2D eigenvalue weighted by molar-refractivity contribution is 6.17. The number of hydrogen-bond acceptors (Lipinski definition) is 2. The van der Waals surface area contributed by atoms with Crippen LogP contribution in [0.1, 0.15) is 16.7 Å². The first-order valence-corrected chi connectivity index (χ1v) is 20.9. The summed E-state index contributed by atoms with van der Waals surface area (Å²) < 4.78 is 4.68. The van der Waals surface area contributed by atoms with E-state index < -0.39 is 0 Å². The number of hydrogen-bond donors (Lipinski definition) is 1. The number of imidazole rings is 1. The molecule has 12 aromatic rings. The summed E-state index contributed by atoms with van der Waals surface area (Å²) in [6, 6.07) is 69.7. The molecule has 0 saturated heterocycles. The molecule has 0 aliphatic rings. The van der Waals surface area contributed by atoms with E-state index in [0.29, 0.717) is 0 Å². The summed E-state index contributed by atoms with van der Waals surface area (Å²) in [6.07, 6.45) is 2.75. The van der Waals surface area contributed by atoms with Gasteiger partial charge in [-0.15, -0.1) is 0 Å². The van der Waals surface area contributed by atoms with E-state index in [1.165, 1.54) is 43.8 Å². The molecule has 0 fully saturated rings. The van der Waals surface area contributed by atoms with Crippen LogP contribution in [0.15, 0.2) is 200 Å². The average molecular weight is 782 g/mol. The van der Waals surface area contributed by atoms with E-state index in [4.69, 9.17) is 9.97 Å². The Morgan fingerprint density at radius 3 is 2.07 bits per heavy atom. The van der Waals surface area contributed by atoms with Gasteiger partial charge in [0, 0.05) is 50.1 Å². The van der Waals surface area contributed by atoms with Crippen molar-refractivity contribution < 1.29 is 0 Å². The molecule has 0 unspecified atom stereocenters. The Balaban J connectivity index is 1.13. The highest BCUT2D eigenvalue weighted by Gasteiger charge is 2.23. The fourth-order valence-electron chi connectivity index (χ4n) is 9.45. The zero-order chi connectivity index (χ0) is 40.4. The van der Waals surface area contributed by atoms with E-state index in [-0.39, 0.29) is 0 Å². The fourth-order valence-corrected chi connectivity index (χ4v) is 9.45. The monoisotopic (exact) mass is 781 g/mol. The summed E-state index contributed by atoms with van der Waals surface area (Å²) in [4.78, 5) is 14.4. The molecule has 8 aromatic carbocycles. The second-order valence-electron chi connectivity index (χ2n) is 16.0. The van der Waals surface area contributed by atoms with Gasteiger partial charge in [-0.2, -0.15) is 0 Å². The Morgan fingerprint density at radius 2 is 1.23 bits per heavy atom.